The quantitative estimate of drug-likeness (QED) is 0.819. The molecule has 0 aliphatic carbocycles. The van der Waals surface area contributed by atoms with Gasteiger partial charge < -0.3 is 4.74 Å². The molecular weight excluding hydrogens is 296 g/mol. The average Bonchev–Trinajstić information content (AvgIpc) is 2.27. The Morgan fingerprint density at radius 1 is 1.25 bits per heavy atom. The zero-order valence-corrected chi connectivity index (χ0v) is 10.3. The standard InChI is InChI=1S/C11H6BrClFNO/c12-7-1-3-9(14)10(5-7)16-11-4-2-8(13)6-15-11/h1-6H. The third-order valence-corrected chi connectivity index (χ3v) is 2.52. The van der Waals surface area contributed by atoms with Crippen molar-refractivity contribution in [3.8, 4) is 11.6 Å². The molecule has 0 atom stereocenters. The molecule has 1 aromatic heterocycles. The first-order valence-electron chi connectivity index (χ1n) is 4.39. The Morgan fingerprint density at radius 2 is 2.06 bits per heavy atom. The summed E-state index contributed by atoms with van der Waals surface area (Å²) in [7, 11) is 0. The molecule has 0 N–H and O–H groups in total. The van der Waals surface area contributed by atoms with Gasteiger partial charge in [0.1, 0.15) is 0 Å². The molecule has 0 radical (unpaired) electrons. The van der Waals surface area contributed by atoms with E-state index in [1.807, 2.05) is 0 Å². The molecule has 0 unspecified atom stereocenters. The van der Waals surface area contributed by atoms with Crippen LogP contribution in [0.2, 0.25) is 5.02 Å². The first kappa shape index (κ1) is 11.4. The molecule has 16 heavy (non-hydrogen) atoms. The van der Waals surface area contributed by atoms with Gasteiger partial charge in [0.25, 0.3) is 0 Å². The van der Waals surface area contributed by atoms with Crippen molar-refractivity contribution in [2.75, 3.05) is 0 Å². The Balaban J connectivity index is 2.26. The van der Waals surface area contributed by atoms with Crippen molar-refractivity contribution in [2.45, 2.75) is 0 Å². The second kappa shape index (κ2) is 4.80. The first-order chi connectivity index (χ1) is 7.65. The van der Waals surface area contributed by atoms with E-state index in [9.17, 15) is 4.39 Å². The number of halogens is 3. The summed E-state index contributed by atoms with van der Waals surface area (Å²) in [4.78, 5) is 3.91. The molecule has 1 heterocycles. The van der Waals surface area contributed by atoms with Crippen LogP contribution in [0.1, 0.15) is 0 Å². The van der Waals surface area contributed by atoms with Gasteiger partial charge in [-0.1, -0.05) is 27.5 Å². The monoisotopic (exact) mass is 301 g/mol. The highest BCUT2D eigenvalue weighted by Crippen LogP contribution is 2.26. The number of hydrogen-bond donors (Lipinski definition) is 0. The second-order valence-corrected chi connectivity index (χ2v) is 4.34. The Bertz CT molecular complexity index is 504. The Kier molecular flexibility index (Phi) is 3.41. The molecule has 0 amide bonds. The van der Waals surface area contributed by atoms with Gasteiger partial charge in [-0.05, 0) is 24.3 Å². The molecule has 0 saturated heterocycles. The molecule has 2 aromatic rings. The van der Waals surface area contributed by atoms with Crippen LogP contribution in [0.4, 0.5) is 4.39 Å². The van der Waals surface area contributed by atoms with Crippen LogP contribution in [0, 0.1) is 5.82 Å². The average molecular weight is 303 g/mol. The van der Waals surface area contributed by atoms with Crippen molar-refractivity contribution in [2.24, 2.45) is 0 Å². The lowest BCUT2D eigenvalue weighted by Crippen LogP contribution is -1.90. The van der Waals surface area contributed by atoms with E-state index in [1.165, 1.54) is 18.3 Å². The van der Waals surface area contributed by atoms with E-state index in [0.29, 0.717) is 10.9 Å². The van der Waals surface area contributed by atoms with Crippen LogP contribution < -0.4 is 4.74 Å². The minimum absolute atomic E-state index is 0.115. The zero-order valence-electron chi connectivity index (χ0n) is 7.95. The van der Waals surface area contributed by atoms with Crippen LogP contribution >= 0.6 is 27.5 Å². The van der Waals surface area contributed by atoms with E-state index in [0.717, 1.165) is 4.47 Å². The normalized spacial score (nSPS) is 10.2. The van der Waals surface area contributed by atoms with Gasteiger partial charge in [-0.3, -0.25) is 0 Å². The summed E-state index contributed by atoms with van der Waals surface area (Å²) in [5, 5.41) is 0.502. The molecule has 0 fully saturated rings. The first-order valence-corrected chi connectivity index (χ1v) is 5.57. The van der Waals surface area contributed by atoms with Crippen molar-refractivity contribution in [1.29, 1.82) is 0 Å². The largest absolute Gasteiger partial charge is 0.436 e. The van der Waals surface area contributed by atoms with E-state index in [-0.39, 0.29) is 5.75 Å². The Hall–Kier alpha value is -1.13. The molecule has 5 heteroatoms. The summed E-state index contributed by atoms with van der Waals surface area (Å²) in [6, 6.07) is 7.64. The number of aromatic nitrogens is 1. The summed E-state index contributed by atoms with van der Waals surface area (Å²) in [5.41, 5.74) is 0. The van der Waals surface area contributed by atoms with E-state index in [4.69, 9.17) is 16.3 Å². The Labute approximate surface area is 105 Å². The lowest BCUT2D eigenvalue weighted by molar-refractivity contribution is 0.427. The van der Waals surface area contributed by atoms with Crippen LogP contribution in [-0.2, 0) is 0 Å². The molecule has 0 saturated carbocycles. The summed E-state index contributed by atoms with van der Waals surface area (Å²) < 4.78 is 19.3. The number of ether oxygens (including phenoxy) is 1. The maximum atomic E-state index is 13.3. The molecule has 0 aliphatic heterocycles. The van der Waals surface area contributed by atoms with Crippen LogP contribution in [0.3, 0.4) is 0 Å². The number of rotatable bonds is 2. The molecule has 1 aromatic carbocycles. The van der Waals surface area contributed by atoms with Crippen LogP contribution in [0.5, 0.6) is 11.6 Å². The molecule has 2 nitrogen and oxygen atoms in total. The third kappa shape index (κ3) is 2.71. The van der Waals surface area contributed by atoms with Gasteiger partial charge in [0.05, 0.1) is 5.02 Å². The highest BCUT2D eigenvalue weighted by Gasteiger charge is 2.05. The smallest absolute Gasteiger partial charge is 0.219 e. The number of hydrogen-bond acceptors (Lipinski definition) is 2. The zero-order chi connectivity index (χ0) is 11.5. The second-order valence-electron chi connectivity index (χ2n) is 2.99. The van der Waals surface area contributed by atoms with Gasteiger partial charge in [-0.25, -0.2) is 9.37 Å². The molecule has 0 aliphatic rings. The lowest BCUT2D eigenvalue weighted by Gasteiger charge is -2.05. The minimum Gasteiger partial charge on any atom is -0.436 e. The highest BCUT2D eigenvalue weighted by molar-refractivity contribution is 9.10. The molecule has 0 spiro atoms. The molecular formula is C11H6BrClFNO. The Morgan fingerprint density at radius 3 is 2.75 bits per heavy atom. The van der Waals surface area contributed by atoms with E-state index in [1.54, 1.807) is 18.2 Å². The van der Waals surface area contributed by atoms with Gasteiger partial charge in [0.2, 0.25) is 5.88 Å². The summed E-state index contributed by atoms with van der Waals surface area (Å²) in [5.74, 6) is -0.0365. The topological polar surface area (TPSA) is 22.1 Å². The number of nitrogens with zero attached hydrogens (tertiary/aromatic N) is 1. The maximum absolute atomic E-state index is 13.3. The maximum Gasteiger partial charge on any atom is 0.219 e. The number of benzene rings is 1. The van der Waals surface area contributed by atoms with Crippen molar-refractivity contribution in [1.82, 2.24) is 4.98 Å². The lowest BCUT2D eigenvalue weighted by atomic mass is 10.3. The summed E-state index contributed by atoms with van der Waals surface area (Å²) in [6.45, 7) is 0. The SMILES string of the molecule is Fc1ccc(Br)cc1Oc1ccc(Cl)cn1. The van der Waals surface area contributed by atoms with Crippen molar-refractivity contribution >= 4 is 27.5 Å². The third-order valence-electron chi connectivity index (χ3n) is 1.81. The summed E-state index contributed by atoms with van der Waals surface area (Å²) in [6.07, 6.45) is 1.44. The van der Waals surface area contributed by atoms with Gasteiger partial charge in [-0.2, -0.15) is 0 Å². The molecule has 2 rings (SSSR count). The fraction of sp³-hybridized carbons (Fsp3) is 0. The van der Waals surface area contributed by atoms with Crippen LogP contribution in [-0.4, -0.2) is 4.98 Å². The van der Waals surface area contributed by atoms with Crippen molar-refractivity contribution in [3.63, 3.8) is 0 Å². The van der Waals surface area contributed by atoms with E-state index >= 15 is 0 Å². The molecule has 82 valence electrons. The van der Waals surface area contributed by atoms with Gasteiger partial charge in [0, 0.05) is 16.7 Å². The fourth-order valence-corrected chi connectivity index (χ4v) is 1.54. The summed E-state index contributed by atoms with van der Waals surface area (Å²) >= 11 is 8.90. The van der Waals surface area contributed by atoms with Gasteiger partial charge >= 0.3 is 0 Å². The molecule has 0 bridgehead atoms. The van der Waals surface area contributed by atoms with Crippen molar-refractivity contribution < 1.29 is 9.13 Å². The van der Waals surface area contributed by atoms with Crippen LogP contribution in [0.15, 0.2) is 41.0 Å². The van der Waals surface area contributed by atoms with Gasteiger partial charge in [-0.15, -0.1) is 0 Å². The van der Waals surface area contributed by atoms with E-state index < -0.39 is 5.82 Å². The predicted octanol–water partition coefficient (Wildman–Crippen LogP) is 4.43. The fourth-order valence-electron chi connectivity index (χ4n) is 1.09. The van der Waals surface area contributed by atoms with E-state index in [2.05, 4.69) is 20.9 Å². The minimum atomic E-state index is -0.444. The number of pyridine rings is 1. The highest BCUT2D eigenvalue weighted by atomic mass is 79.9. The predicted molar refractivity (Wildman–Crippen MR) is 63.4 cm³/mol. The van der Waals surface area contributed by atoms with Gasteiger partial charge in [0.15, 0.2) is 11.6 Å². The van der Waals surface area contributed by atoms with Crippen molar-refractivity contribution in [3.05, 3.63) is 51.8 Å². The van der Waals surface area contributed by atoms with Crippen LogP contribution in [0.25, 0.3) is 0 Å².